The van der Waals surface area contributed by atoms with E-state index in [-0.39, 0.29) is 18.3 Å². The third kappa shape index (κ3) is 3.42. The van der Waals surface area contributed by atoms with Crippen LogP contribution in [-0.2, 0) is 14.3 Å². The van der Waals surface area contributed by atoms with E-state index in [1.807, 2.05) is 0 Å². The summed E-state index contributed by atoms with van der Waals surface area (Å²) in [7, 11) is 0. The van der Waals surface area contributed by atoms with Crippen molar-refractivity contribution in [2.24, 2.45) is 0 Å². The number of amides is 1. The molecule has 1 unspecified atom stereocenters. The molecule has 5 nitrogen and oxygen atoms in total. The topological polar surface area (TPSA) is 59.8 Å². The van der Waals surface area contributed by atoms with Crippen molar-refractivity contribution in [3.05, 3.63) is 29.3 Å². The number of ether oxygens (including phenoxy) is 1. The van der Waals surface area contributed by atoms with Gasteiger partial charge in [0.05, 0.1) is 13.0 Å². The van der Waals surface area contributed by atoms with Crippen molar-refractivity contribution < 1.29 is 19.2 Å². The minimum absolute atomic E-state index is 0.150. The first-order valence-corrected chi connectivity index (χ1v) is 8.09. The van der Waals surface area contributed by atoms with E-state index in [0.29, 0.717) is 23.4 Å². The fourth-order valence-corrected chi connectivity index (χ4v) is 3.56. The number of benzene rings is 1. The Labute approximate surface area is 134 Å². The molecular formula is C16H20ClN2O3+. The standard InChI is InChI=1S/C16H19ClN2O3/c17-11-4-3-5-12(8-11)18-15(20)9-14-16(21)22-10-13-6-1-2-7-19(13)14/h3-5,8,13-14H,1-2,6-7,9-10H2,(H,18,20)/p+1/t13-,14-/m1/s1. The first-order chi connectivity index (χ1) is 10.6. The normalized spacial score (nSPS) is 27.7. The summed E-state index contributed by atoms with van der Waals surface area (Å²) in [6.07, 6.45) is 3.49. The zero-order valence-electron chi connectivity index (χ0n) is 12.3. The Morgan fingerprint density at radius 2 is 2.27 bits per heavy atom. The molecule has 118 valence electrons. The first kappa shape index (κ1) is 15.3. The van der Waals surface area contributed by atoms with Gasteiger partial charge >= 0.3 is 5.97 Å². The number of nitrogens with one attached hydrogen (secondary N) is 2. The zero-order valence-corrected chi connectivity index (χ0v) is 13.1. The molecular weight excluding hydrogens is 304 g/mol. The summed E-state index contributed by atoms with van der Waals surface area (Å²) >= 11 is 5.90. The van der Waals surface area contributed by atoms with Crippen molar-refractivity contribution in [1.29, 1.82) is 0 Å². The Bertz CT molecular complexity index is 578. The van der Waals surface area contributed by atoms with Crippen LogP contribution in [0.2, 0.25) is 5.02 Å². The minimum Gasteiger partial charge on any atom is -0.455 e. The second-order valence-corrected chi connectivity index (χ2v) is 6.40. The molecule has 22 heavy (non-hydrogen) atoms. The molecule has 2 saturated heterocycles. The molecule has 2 aliphatic rings. The van der Waals surface area contributed by atoms with Gasteiger partial charge in [-0.15, -0.1) is 0 Å². The molecule has 0 radical (unpaired) electrons. The molecule has 0 aliphatic carbocycles. The number of halogens is 1. The summed E-state index contributed by atoms with van der Waals surface area (Å²) in [5, 5.41) is 3.37. The third-order valence-corrected chi connectivity index (χ3v) is 4.68. The number of quaternary nitrogens is 1. The largest absolute Gasteiger partial charge is 0.455 e. The van der Waals surface area contributed by atoms with Gasteiger partial charge in [-0.05, 0) is 31.0 Å². The van der Waals surface area contributed by atoms with Crippen molar-refractivity contribution in [3.8, 4) is 0 Å². The van der Waals surface area contributed by atoms with Crippen LogP contribution in [0.25, 0.3) is 0 Å². The van der Waals surface area contributed by atoms with Gasteiger partial charge in [-0.1, -0.05) is 17.7 Å². The highest BCUT2D eigenvalue weighted by atomic mass is 35.5. The van der Waals surface area contributed by atoms with Gasteiger partial charge in [0, 0.05) is 17.1 Å². The molecule has 2 fully saturated rings. The Balaban J connectivity index is 1.65. The van der Waals surface area contributed by atoms with Gasteiger partial charge in [0.25, 0.3) is 0 Å². The molecule has 0 aromatic heterocycles. The van der Waals surface area contributed by atoms with E-state index in [1.165, 1.54) is 11.3 Å². The summed E-state index contributed by atoms with van der Waals surface area (Å²) in [6, 6.07) is 6.94. The summed E-state index contributed by atoms with van der Waals surface area (Å²) in [6.45, 7) is 1.43. The smallest absolute Gasteiger partial charge is 0.365 e. The van der Waals surface area contributed by atoms with Crippen LogP contribution in [-0.4, -0.2) is 37.1 Å². The first-order valence-electron chi connectivity index (χ1n) is 7.71. The number of anilines is 1. The number of piperidine rings is 1. The predicted molar refractivity (Wildman–Crippen MR) is 82.9 cm³/mol. The zero-order chi connectivity index (χ0) is 15.5. The van der Waals surface area contributed by atoms with Crippen molar-refractivity contribution in [1.82, 2.24) is 0 Å². The molecule has 3 rings (SSSR count). The van der Waals surface area contributed by atoms with E-state index in [4.69, 9.17) is 16.3 Å². The second-order valence-electron chi connectivity index (χ2n) is 5.96. The fourth-order valence-electron chi connectivity index (χ4n) is 3.37. The van der Waals surface area contributed by atoms with Crippen LogP contribution in [0.4, 0.5) is 5.69 Å². The van der Waals surface area contributed by atoms with Crippen LogP contribution >= 0.6 is 11.6 Å². The van der Waals surface area contributed by atoms with Gasteiger partial charge in [-0.2, -0.15) is 0 Å². The lowest BCUT2D eigenvalue weighted by molar-refractivity contribution is -0.951. The number of carbonyl (C=O) groups excluding carboxylic acids is 2. The van der Waals surface area contributed by atoms with E-state index in [0.717, 1.165) is 19.4 Å². The maximum atomic E-state index is 12.2. The number of carbonyl (C=O) groups is 2. The fraction of sp³-hybridized carbons (Fsp3) is 0.500. The molecule has 0 saturated carbocycles. The number of morpholine rings is 1. The molecule has 0 bridgehead atoms. The number of cyclic esters (lactones) is 1. The summed E-state index contributed by atoms with van der Waals surface area (Å²) in [4.78, 5) is 25.5. The predicted octanol–water partition coefficient (Wildman–Crippen LogP) is 1.03. The Morgan fingerprint density at radius 3 is 3.09 bits per heavy atom. The lowest BCUT2D eigenvalue weighted by Gasteiger charge is -2.40. The van der Waals surface area contributed by atoms with E-state index in [1.54, 1.807) is 24.3 Å². The van der Waals surface area contributed by atoms with Crippen molar-refractivity contribution >= 4 is 29.2 Å². The van der Waals surface area contributed by atoms with Gasteiger partial charge in [-0.3, -0.25) is 4.79 Å². The molecule has 2 aliphatic heterocycles. The highest BCUT2D eigenvalue weighted by molar-refractivity contribution is 6.30. The van der Waals surface area contributed by atoms with Gasteiger partial charge in [0.2, 0.25) is 5.91 Å². The average molecular weight is 324 g/mol. The number of fused-ring (bicyclic) bond motifs is 1. The molecule has 3 atom stereocenters. The summed E-state index contributed by atoms with van der Waals surface area (Å²) in [5.74, 6) is -0.433. The molecule has 2 N–H and O–H groups in total. The number of esters is 1. The molecule has 0 spiro atoms. The Hall–Kier alpha value is -1.59. The van der Waals surface area contributed by atoms with Crippen LogP contribution < -0.4 is 10.2 Å². The maximum absolute atomic E-state index is 12.2. The number of hydrogen-bond donors (Lipinski definition) is 2. The lowest BCUT2D eigenvalue weighted by Crippen LogP contribution is -3.22. The molecule has 1 aromatic carbocycles. The van der Waals surface area contributed by atoms with Gasteiger partial charge in [-0.25, -0.2) is 4.79 Å². The van der Waals surface area contributed by atoms with Crippen LogP contribution in [0.5, 0.6) is 0 Å². The molecule has 1 aromatic rings. The van der Waals surface area contributed by atoms with Gasteiger partial charge in [0.1, 0.15) is 12.6 Å². The summed E-state index contributed by atoms with van der Waals surface area (Å²) in [5.41, 5.74) is 0.645. The Kier molecular flexibility index (Phi) is 4.64. The van der Waals surface area contributed by atoms with E-state index >= 15 is 0 Å². The van der Waals surface area contributed by atoms with Crippen LogP contribution in [0, 0.1) is 0 Å². The lowest BCUT2D eigenvalue weighted by atomic mass is 9.97. The average Bonchev–Trinajstić information content (AvgIpc) is 2.50. The third-order valence-electron chi connectivity index (χ3n) is 4.45. The SMILES string of the molecule is O=C(C[C@@H]1C(=O)OC[C@H]2CCCC[NH+]21)Nc1cccc(Cl)c1. The molecule has 6 heteroatoms. The molecule has 1 amide bonds. The van der Waals surface area contributed by atoms with Crippen LogP contribution in [0.15, 0.2) is 24.3 Å². The van der Waals surface area contributed by atoms with E-state index in [2.05, 4.69) is 5.32 Å². The highest BCUT2D eigenvalue weighted by Crippen LogP contribution is 2.16. The minimum atomic E-state index is -0.391. The van der Waals surface area contributed by atoms with E-state index in [9.17, 15) is 9.59 Å². The maximum Gasteiger partial charge on any atom is 0.365 e. The summed E-state index contributed by atoms with van der Waals surface area (Å²) < 4.78 is 5.27. The number of hydrogen-bond acceptors (Lipinski definition) is 3. The highest BCUT2D eigenvalue weighted by Gasteiger charge is 2.43. The van der Waals surface area contributed by atoms with Crippen LogP contribution in [0.1, 0.15) is 25.7 Å². The van der Waals surface area contributed by atoms with Gasteiger partial charge < -0.3 is 15.0 Å². The van der Waals surface area contributed by atoms with Crippen molar-refractivity contribution in [2.45, 2.75) is 37.8 Å². The molecule has 2 heterocycles. The van der Waals surface area contributed by atoms with E-state index < -0.39 is 6.04 Å². The second kappa shape index (κ2) is 6.67. The number of rotatable bonds is 3. The van der Waals surface area contributed by atoms with Gasteiger partial charge in [0.15, 0.2) is 6.04 Å². The van der Waals surface area contributed by atoms with Crippen molar-refractivity contribution in [3.63, 3.8) is 0 Å². The van der Waals surface area contributed by atoms with Crippen molar-refractivity contribution in [2.75, 3.05) is 18.5 Å². The monoisotopic (exact) mass is 323 g/mol. The van der Waals surface area contributed by atoms with Crippen LogP contribution in [0.3, 0.4) is 0 Å². The quantitative estimate of drug-likeness (QED) is 0.817. The Morgan fingerprint density at radius 1 is 1.41 bits per heavy atom.